The summed E-state index contributed by atoms with van der Waals surface area (Å²) < 4.78 is 2.18. The number of H-pyrrole nitrogens is 2. The molecule has 0 aliphatic carbocycles. The second-order valence-electron chi connectivity index (χ2n) is 9.38. The Morgan fingerprint density at radius 3 is 2.63 bits per heavy atom. The van der Waals surface area contributed by atoms with Gasteiger partial charge in [-0.05, 0) is 70.0 Å². The zero-order valence-corrected chi connectivity index (χ0v) is 20.5. The maximum Gasteiger partial charge on any atom is 0.253 e. The predicted molar refractivity (Wildman–Crippen MR) is 138 cm³/mol. The third-order valence-corrected chi connectivity index (χ3v) is 6.46. The van der Waals surface area contributed by atoms with Crippen LogP contribution in [0.15, 0.2) is 47.7 Å². The molecule has 0 saturated heterocycles. The number of nitrogens with one attached hydrogen (secondary N) is 3. The lowest BCUT2D eigenvalue weighted by Gasteiger charge is -2.14. The fourth-order valence-electron chi connectivity index (χ4n) is 4.70. The minimum absolute atomic E-state index is 0.147. The number of nitrogens with zero attached hydrogens (tertiary/aromatic N) is 3. The normalized spacial score (nSPS) is 11.6. The predicted octanol–water partition coefficient (Wildman–Crippen LogP) is 4.70. The summed E-state index contributed by atoms with van der Waals surface area (Å²) in [5, 5.41) is 11.9. The van der Waals surface area contributed by atoms with E-state index in [-0.39, 0.29) is 24.1 Å². The number of hydrogen-bond acceptors (Lipinski definition) is 4. The topological polar surface area (TPSA) is 108 Å². The smallest absolute Gasteiger partial charge is 0.253 e. The Bertz CT molecular complexity index is 1650. The summed E-state index contributed by atoms with van der Waals surface area (Å²) in [7, 11) is 0. The number of benzene rings is 1. The standard InChI is InChI=1S/C27H28N6O2/c1-14(2)33-13-16(4)25-20(26(34)29-12-21-15(3)6-17(5)31-27(21)35)7-18(8-24(25)33)22-9-23-19(10-28-22)11-30-32-23/h6-11,13-14H,12H2,1-5H3,(H,29,34)(H,30,32)(H,31,35). The minimum atomic E-state index is -0.233. The molecule has 5 rings (SSSR count). The number of aryl methyl sites for hydroxylation is 3. The van der Waals surface area contributed by atoms with E-state index < -0.39 is 0 Å². The van der Waals surface area contributed by atoms with Crippen LogP contribution >= 0.6 is 0 Å². The van der Waals surface area contributed by atoms with Crippen LogP contribution in [0.5, 0.6) is 0 Å². The first kappa shape index (κ1) is 22.6. The molecule has 0 aliphatic heterocycles. The number of hydrogen-bond donors (Lipinski definition) is 3. The molecule has 0 bridgehead atoms. The Morgan fingerprint density at radius 1 is 1.09 bits per heavy atom. The van der Waals surface area contributed by atoms with E-state index in [2.05, 4.69) is 56.2 Å². The Hall–Kier alpha value is -4.20. The molecule has 0 atom stereocenters. The van der Waals surface area contributed by atoms with Crippen molar-refractivity contribution in [3.05, 3.63) is 81.2 Å². The number of rotatable bonds is 5. The van der Waals surface area contributed by atoms with E-state index in [1.54, 1.807) is 12.4 Å². The molecule has 178 valence electrons. The first-order valence-electron chi connectivity index (χ1n) is 11.6. The van der Waals surface area contributed by atoms with Crippen molar-refractivity contribution in [3.63, 3.8) is 0 Å². The Kier molecular flexibility index (Phi) is 5.51. The largest absolute Gasteiger partial charge is 0.348 e. The molecule has 0 aliphatic rings. The van der Waals surface area contributed by atoms with Crippen LogP contribution in [0.1, 0.15) is 52.6 Å². The molecule has 5 aromatic rings. The molecule has 0 fully saturated rings. The van der Waals surface area contributed by atoms with Gasteiger partial charge in [0, 0.05) is 63.7 Å². The van der Waals surface area contributed by atoms with E-state index in [0.717, 1.165) is 49.9 Å². The van der Waals surface area contributed by atoms with Gasteiger partial charge < -0.3 is 14.9 Å². The van der Waals surface area contributed by atoms with Gasteiger partial charge in [0.25, 0.3) is 11.5 Å². The van der Waals surface area contributed by atoms with Gasteiger partial charge in [0.15, 0.2) is 0 Å². The highest BCUT2D eigenvalue weighted by atomic mass is 16.1. The number of carbonyl (C=O) groups is 1. The van der Waals surface area contributed by atoms with Gasteiger partial charge in [-0.25, -0.2) is 0 Å². The van der Waals surface area contributed by atoms with Gasteiger partial charge in [-0.15, -0.1) is 0 Å². The summed E-state index contributed by atoms with van der Waals surface area (Å²) in [6.45, 7) is 10.1. The average Bonchev–Trinajstić information content (AvgIpc) is 3.41. The van der Waals surface area contributed by atoms with Crippen LogP contribution in [0.2, 0.25) is 0 Å². The highest BCUT2D eigenvalue weighted by Gasteiger charge is 2.20. The molecule has 35 heavy (non-hydrogen) atoms. The second kappa shape index (κ2) is 8.54. The lowest BCUT2D eigenvalue weighted by atomic mass is 10.00. The van der Waals surface area contributed by atoms with Crippen LogP contribution in [0.25, 0.3) is 33.1 Å². The summed E-state index contributed by atoms with van der Waals surface area (Å²) in [5.74, 6) is -0.233. The SMILES string of the molecule is Cc1cc(C)c(CNC(=O)c2cc(-c3cc4[nH]ncc4cn3)cc3c2c(C)cn3C(C)C)c(=O)[nH]1. The van der Waals surface area contributed by atoms with Gasteiger partial charge in [0.2, 0.25) is 0 Å². The molecule has 1 amide bonds. The van der Waals surface area contributed by atoms with E-state index in [9.17, 15) is 9.59 Å². The maximum atomic E-state index is 13.5. The van der Waals surface area contributed by atoms with E-state index >= 15 is 0 Å². The van der Waals surface area contributed by atoms with E-state index in [4.69, 9.17) is 0 Å². The molecule has 0 radical (unpaired) electrons. The number of fused-ring (bicyclic) bond motifs is 2. The van der Waals surface area contributed by atoms with Crippen molar-refractivity contribution in [2.75, 3.05) is 0 Å². The highest BCUT2D eigenvalue weighted by molar-refractivity contribution is 6.09. The van der Waals surface area contributed by atoms with Crippen molar-refractivity contribution in [2.45, 2.75) is 47.2 Å². The maximum absolute atomic E-state index is 13.5. The monoisotopic (exact) mass is 468 g/mol. The molecule has 8 nitrogen and oxygen atoms in total. The van der Waals surface area contributed by atoms with Gasteiger partial charge in [0.05, 0.1) is 17.4 Å². The molecule has 4 aromatic heterocycles. The van der Waals surface area contributed by atoms with Crippen molar-refractivity contribution in [1.82, 2.24) is 30.0 Å². The number of carbonyl (C=O) groups excluding carboxylic acids is 1. The second-order valence-corrected chi connectivity index (χ2v) is 9.38. The number of amides is 1. The summed E-state index contributed by atoms with van der Waals surface area (Å²) in [6, 6.07) is 8.03. The molecule has 0 spiro atoms. The van der Waals surface area contributed by atoms with Crippen LogP contribution in [0.4, 0.5) is 0 Å². The van der Waals surface area contributed by atoms with Gasteiger partial charge in [-0.1, -0.05) is 0 Å². The quantitative estimate of drug-likeness (QED) is 0.347. The Balaban J connectivity index is 1.61. The zero-order chi connectivity index (χ0) is 24.9. The number of pyridine rings is 2. The summed E-state index contributed by atoms with van der Waals surface area (Å²) in [5.41, 5.74) is 7.03. The van der Waals surface area contributed by atoms with Crippen LogP contribution in [-0.2, 0) is 6.54 Å². The third kappa shape index (κ3) is 4.01. The first-order chi connectivity index (χ1) is 16.7. The highest BCUT2D eigenvalue weighted by Crippen LogP contribution is 2.33. The molecule has 8 heteroatoms. The van der Waals surface area contributed by atoms with E-state index in [0.29, 0.717) is 11.1 Å². The van der Waals surface area contributed by atoms with Crippen LogP contribution in [0.3, 0.4) is 0 Å². The lowest BCUT2D eigenvalue weighted by molar-refractivity contribution is 0.0952. The van der Waals surface area contributed by atoms with Crippen LogP contribution in [0, 0.1) is 20.8 Å². The fraction of sp³-hybridized carbons (Fsp3) is 0.259. The van der Waals surface area contributed by atoms with Gasteiger partial charge >= 0.3 is 0 Å². The molecule has 1 aromatic carbocycles. The molecule has 3 N–H and O–H groups in total. The van der Waals surface area contributed by atoms with E-state index in [1.165, 1.54) is 0 Å². The van der Waals surface area contributed by atoms with Crippen molar-refractivity contribution < 1.29 is 4.79 Å². The van der Waals surface area contributed by atoms with Gasteiger partial charge in [-0.3, -0.25) is 19.7 Å². The number of aromatic amines is 2. The lowest BCUT2D eigenvalue weighted by Crippen LogP contribution is -2.28. The van der Waals surface area contributed by atoms with Gasteiger partial charge in [0.1, 0.15) is 0 Å². The van der Waals surface area contributed by atoms with Gasteiger partial charge in [-0.2, -0.15) is 5.10 Å². The van der Waals surface area contributed by atoms with Crippen molar-refractivity contribution in [2.24, 2.45) is 0 Å². The summed E-state index contributed by atoms with van der Waals surface area (Å²) in [4.78, 5) is 33.4. The van der Waals surface area contributed by atoms with Crippen molar-refractivity contribution >= 4 is 27.7 Å². The zero-order valence-electron chi connectivity index (χ0n) is 20.5. The number of aromatic nitrogens is 5. The minimum Gasteiger partial charge on any atom is -0.348 e. The van der Waals surface area contributed by atoms with Crippen LogP contribution in [-0.4, -0.2) is 30.6 Å². The molecular weight excluding hydrogens is 440 g/mol. The molecule has 0 saturated carbocycles. The van der Waals surface area contributed by atoms with Crippen LogP contribution < -0.4 is 10.9 Å². The Morgan fingerprint density at radius 2 is 1.89 bits per heavy atom. The summed E-state index contributed by atoms with van der Waals surface area (Å²) >= 11 is 0. The molecule has 4 heterocycles. The fourth-order valence-corrected chi connectivity index (χ4v) is 4.70. The Labute approximate surface area is 202 Å². The molecular formula is C27H28N6O2. The average molecular weight is 469 g/mol. The van der Waals surface area contributed by atoms with Crippen molar-refractivity contribution in [3.8, 4) is 11.3 Å². The first-order valence-corrected chi connectivity index (χ1v) is 11.6. The summed E-state index contributed by atoms with van der Waals surface area (Å²) in [6.07, 6.45) is 5.59. The third-order valence-electron chi connectivity index (χ3n) is 6.46. The van der Waals surface area contributed by atoms with E-state index in [1.807, 2.05) is 39.0 Å². The van der Waals surface area contributed by atoms with Crippen molar-refractivity contribution in [1.29, 1.82) is 0 Å². The molecule has 0 unspecified atom stereocenters.